The lowest BCUT2D eigenvalue weighted by molar-refractivity contribution is -0.116. The molecule has 1 aromatic carbocycles. The van der Waals surface area contributed by atoms with Gasteiger partial charge in [0.25, 0.3) is 0 Å². The molecule has 1 heterocycles. The van der Waals surface area contributed by atoms with Gasteiger partial charge in [-0.15, -0.1) is 0 Å². The average Bonchev–Trinajstić information content (AvgIpc) is 2.88. The van der Waals surface area contributed by atoms with Crippen LogP contribution >= 0.6 is 0 Å². The molecule has 0 unspecified atom stereocenters. The Bertz CT molecular complexity index is 439. The van der Waals surface area contributed by atoms with E-state index in [2.05, 4.69) is 10.2 Å². The smallest absolute Gasteiger partial charge is 0.224 e. The summed E-state index contributed by atoms with van der Waals surface area (Å²) < 4.78 is 0. The first-order valence-corrected chi connectivity index (χ1v) is 7.04. The largest absolute Gasteiger partial charge is 0.398 e. The first kappa shape index (κ1) is 13.9. The van der Waals surface area contributed by atoms with Crippen molar-refractivity contribution in [2.45, 2.75) is 32.6 Å². The standard InChI is InChI=1S/C15H23N3O/c1-12-13(16)6-4-7-14(12)17-15(19)8-5-11-18-9-2-3-10-18/h4,6-7H,2-3,5,8-11,16H2,1H3,(H,17,19). The number of nitrogen functional groups attached to an aromatic ring is 1. The number of anilines is 2. The summed E-state index contributed by atoms with van der Waals surface area (Å²) in [5.41, 5.74) is 8.30. The molecule has 0 atom stereocenters. The monoisotopic (exact) mass is 261 g/mol. The van der Waals surface area contributed by atoms with E-state index >= 15 is 0 Å². The maximum absolute atomic E-state index is 11.9. The third-order valence-corrected chi connectivity index (χ3v) is 3.73. The summed E-state index contributed by atoms with van der Waals surface area (Å²) in [5, 5.41) is 2.94. The second-order valence-electron chi connectivity index (χ2n) is 5.22. The number of nitrogens with one attached hydrogen (secondary N) is 1. The van der Waals surface area contributed by atoms with Crippen LogP contribution in [-0.4, -0.2) is 30.4 Å². The first-order chi connectivity index (χ1) is 9.16. The summed E-state index contributed by atoms with van der Waals surface area (Å²) >= 11 is 0. The third kappa shape index (κ3) is 3.96. The highest BCUT2D eigenvalue weighted by molar-refractivity contribution is 5.92. The Hall–Kier alpha value is -1.55. The number of amides is 1. The van der Waals surface area contributed by atoms with Crippen molar-refractivity contribution in [2.24, 2.45) is 0 Å². The average molecular weight is 261 g/mol. The molecule has 1 saturated heterocycles. The molecule has 4 nitrogen and oxygen atoms in total. The van der Waals surface area contributed by atoms with Crippen LogP contribution in [0.25, 0.3) is 0 Å². The van der Waals surface area contributed by atoms with Gasteiger partial charge in [-0.2, -0.15) is 0 Å². The van der Waals surface area contributed by atoms with Gasteiger partial charge in [0.05, 0.1) is 0 Å². The molecule has 0 aromatic heterocycles. The lowest BCUT2D eigenvalue weighted by Crippen LogP contribution is -2.22. The Morgan fingerprint density at radius 2 is 2.11 bits per heavy atom. The number of rotatable bonds is 5. The van der Waals surface area contributed by atoms with Crippen molar-refractivity contribution in [1.82, 2.24) is 4.90 Å². The van der Waals surface area contributed by atoms with E-state index < -0.39 is 0 Å². The highest BCUT2D eigenvalue weighted by atomic mass is 16.1. The fourth-order valence-electron chi connectivity index (χ4n) is 2.47. The van der Waals surface area contributed by atoms with Crippen LogP contribution < -0.4 is 11.1 Å². The second-order valence-corrected chi connectivity index (χ2v) is 5.22. The number of carbonyl (C=O) groups excluding carboxylic acids is 1. The normalized spacial score (nSPS) is 15.6. The number of benzene rings is 1. The maximum Gasteiger partial charge on any atom is 0.224 e. The molecule has 0 bridgehead atoms. The molecule has 19 heavy (non-hydrogen) atoms. The Morgan fingerprint density at radius 3 is 2.84 bits per heavy atom. The lowest BCUT2D eigenvalue weighted by atomic mass is 10.1. The van der Waals surface area contributed by atoms with Crippen LogP contribution in [0.4, 0.5) is 11.4 Å². The minimum Gasteiger partial charge on any atom is -0.398 e. The van der Waals surface area contributed by atoms with E-state index in [1.54, 1.807) is 0 Å². The van der Waals surface area contributed by atoms with E-state index in [9.17, 15) is 4.79 Å². The van der Waals surface area contributed by atoms with E-state index in [0.29, 0.717) is 6.42 Å². The van der Waals surface area contributed by atoms with Gasteiger partial charge in [-0.3, -0.25) is 4.79 Å². The molecule has 1 fully saturated rings. The summed E-state index contributed by atoms with van der Waals surface area (Å²) in [6.07, 6.45) is 4.10. The molecule has 1 aliphatic rings. The zero-order valence-electron chi connectivity index (χ0n) is 11.6. The van der Waals surface area contributed by atoms with Gasteiger partial charge in [-0.1, -0.05) is 6.07 Å². The number of nitrogens with two attached hydrogens (primary N) is 1. The Balaban J connectivity index is 1.76. The molecule has 0 aliphatic carbocycles. The summed E-state index contributed by atoms with van der Waals surface area (Å²) in [6, 6.07) is 5.60. The molecular formula is C15H23N3O. The fourth-order valence-corrected chi connectivity index (χ4v) is 2.47. The van der Waals surface area contributed by atoms with Crippen LogP contribution in [0.3, 0.4) is 0 Å². The van der Waals surface area contributed by atoms with E-state index in [0.717, 1.165) is 29.9 Å². The van der Waals surface area contributed by atoms with Crippen molar-refractivity contribution in [3.05, 3.63) is 23.8 Å². The highest BCUT2D eigenvalue weighted by Gasteiger charge is 2.12. The van der Waals surface area contributed by atoms with Gasteiger partial charge in [0.1, 0.15) is 0 Å². The summed E-state index contributed by atoms with van der Waals surface area (Å²) in [5.74, 6) is 0.0768. The van der Waals surface area contributed by atoms with Crippen LogP contribution in [0.15, 0.2) is 18.2 Å². The summed E-state index contributed by atoms with van der Waals surface area (Å²) in [6.45, 7) is 5.34. The quantitative estimate of drug-likeness (QED) is 0.800. The van der Waals surface area contributed by atoms with Crippen molar-refractivity contribution >= 4 is 17.3 Å². The van der Waals surface area contributed by atoms with Gasteiger partial charge in [0.2, 0.25) is 5.91 Å². The first-order valence-electron chi connectivity index (χ1n) is 7.04. The van der Waals surface area contributed by atoms with E-state index in [4.69, 9.17) is 5.73 Å². The molecule has 0 radical (unpaired) electrons. The maximum atomic E-state index is 11.9. The second kappa shape index (κ2) is 6.57. The van der Waals surface area contributed by atoms with Gasteiger partial charge in [-0.05, 0) is 63.5 Å². The number of hydrogen-bond acceptors (Lipinski definition) is 3. The van der Waals surface area contributed by atoms with Crippen molar-refractivity contribution in [3.63, 3.8) is 0 Å². The highest BCUT2D eigenvalue weighted by Crippen LogP contribution is 2.20. The molecule has 0 saturated carbocycles. The van der Waals surface area contributed by atoms with Crippen molar-refractivity contribution < 1.29 is 4.79 Å². The molecular weight excluding hydrogens is 238 g/mol. The van der Waals surface area contributed by atoms with Gasteiger partial charge < -0.3 is 16.0 Å². The number of carbonyl (C=O) groups is 1. The molecule has 0 spiro atoms. The molecule has 1 aliphatic heterocycles. The molecule has 3 N–H and O–H groups in total. The zero-order chi connectivity index (χ0) is 13.7. The van der Waals surface area contributed by atoms with Crippen LogP contribution in [0.5, 0.6) is 0 Å². The van der Waals surface area contributed by atoms with Crippen LogP contribution in [0.2, 0.25) is 0 Å². The van der Waals surface area contributed by atoms with Gasteiger partial charge in [0, 0.05) is 17.8 Å². The van der Waals surface area contributed by atoms with Gasteiger partial charge in [-0.25, -0.2) is 0 Å². The summed E-state index contributed by atoms with van der Waals surface area (Å²) in [7, 11) is 0. The van der Waals surface area contributed by atoms with E-state index in [1.165, 1.54) is 25.9 Å². The van der Waals surface area contributed by atoms with Crippen LogP contribution in [0.1, 0.15) is 31.2 Å². The lowest BCUT2D eigenvalue weighted by Gasteiger charge is -2.14. The number of likely N-dealkylation sites (tertiary alicyclic amines) is 1. The molecule has 2 rings (SSSR count). The van der Waals surface area contributed by atoms with Crippen molar-refractivity contribution in [3.8, 4) is 0 Å². The SMILES string of the molecule is Cc1c(N)cccc1NC(=O)CCCN1CCCC1. The minimum atomic E-state index is 0.0768. The Labute approximate surface area is 115 Å². The Morgan fingerprint density at radius 1 is 1.37 bits per heavy atom. The van der Waals surface area contributed by atoms with E-state index in [1.807, 2.05) is 25.1 Å². The predicted octanol–water partition coefficient (Wildman–Crippen LogP) is 2.39. The molecule has 104 valence electrons. The van der Waals surface area contributed by atoms with E-state index in [-0.39, 0.29) is 5.91 Å². The van der Waals surface area contributed by atoms with Crippen molar-refractivity contribution in [1.29, 1.82) is 0 Å². The molecule has 4 heteroatoms. The predicted molar refractivity (Wildman–Crippen MR) is 79.1 cm³/mol. The third-order valence-electron chi connectivity index (χ3n) is 3.73. The zero-order valence-corrected chi connectivity index (χ0v) is 11.6. The van der Waals surface area contributed by atoms with Gasteiger partial charge >= 0.3 is 0 Å². The van der Waals surface area contributed by atoms with Gasteiger partial charge in [0.15, 0.2) is 0 Å². The molecule has 1 amide bonds. The van der Waals surface area contributed by atoms with Crippen molar-refractivity contribution in [2.75, 3.05) is 30.7 Å². The number of nitrogens with zero attached hydrogens (tertiary/aromatic N) is 1. The minimum absolute atomic E-state index is 0.0768. The Kier molecular flexibility index (Phi) is 4.80. The number of hydrogen-bond donors (Lipinski definition) is 2. The molecule has 1 aromatic rings. The van der Waals surface area contributed by atoms with Crippen LogP contribution in [0, 0.1) is 6.92 Å². The van der Waals surface area contributed by atoms with Crippen LogP contribution in [-0.2, 0) is 4.79 Å². The summed E-state index contributed by atoms with van der Waals surface area (Å²) in [4.78, 5) is 14.3. The fraction of sp³-hybridized carbons (Fsp3) is 0.533. The topological polar surface area (TPSA) is 58.4 Å².